The third-order valence-corrected chi connectivity index (χ3v) is 5.98. The van der Waals surface area contributed by atoms with Crippen LogP contribution in [-0.2, 0) is 29.1 Å². The number of phenols is 1. The van der Waals surface area contributed by atoms with Gasteiger partial charge in [-0.2, -0.15) is 0 Å². The average molecular weight is 474 g/mol. The first kappa shape index (κ1) is 24.5. The van der Waals surface area contributed by atoms with E-state index < -0.39 is 0 Å². The highest BCUT2D eigenvalue weighted by Crippen LogP contribution is 2.26. The normalized spacial score (nSPS) is 14.2. The van der Waals surface area contributed by atoms with Crippen LogP contribution in [-0.4, -0.2) is 49.2 Å². The molecule has 1 aliphatic heterocycles. The van der Waals surface area contributed by atoms with Crippen molar-refractivity contribution in [3.05, 3.63) is 95.1 Å². The van der Waals surface area contributed by atoms with Crippen LogP contribution < -0.4 is 9.47 Å². The van der Waals surface area contributed by atoms with Gasteiger partial charge < -0.3 is 19.3 Å². The molecular weight excluding hydrogens is 442 g/mol. The third-order valence-electron chi connectivity index (χ3n) is 5.98. The van der Waals surface area contributed by atoms with Crippen molar-refractivity contribution < 1.29 is 24.1 Å². The minimum absolute atomic E-state index is 0.0276. The molecule has 3 aromatic rings. The summed E-state index contributed by atoms with van der Waals surface area (Å²) >= 11 is 0. The number of hydrogen-bond donors (Lipinski definition) is 1. The number of carbonyl (C=O) groups excluding carboxylic acids is 1. The quantitative estimate of drug-likeness (QED) is 0.433. The first-order valence-electron chi connectivity index (χ1n) is 11.8. The zero-order chi connectivity index (χ0) is 24.5. The van der Waals surface area contributed by atoms with Crippen molar-refractivity contribution in [2.75, 3.05) is 33.4 Å². The van der Waals surface area contributed by atoms with Crippen molar-refractivity contribution in [3.8, 4) is 17.2 Å². The van der Waals surface area contributed by atoms with Gasteiger partial charge in [0, 0.05) is 26.1 Å². The Morgan fingerprint density at radius 3 is 2.49 bits per heavy atom. The first-order valence-corrected chi connectivity index (χ1v) is 11.8. The molecule has 0 atom stereocenters. The fourth-order valence-corrected chi connectivity index (χ4v) is 3.99. The van der Waals surface area contributed by atoms with Crippen LogP contribution in [0.5, 0.6) is 17.2 Å². The second-order valence-electron chi connectivity index (χ2n) is 8.50. The maximum atomic E-state index is 12.6. The van der Waals surface area contributed by atoms with Crippen LogP contribution in [0.15, 0.2) is 72.8 Å². The van der Waals surface area contributed by atoms with E-state index in [1.54, 1.807) is 24.3 Å². The third kappa shape index (κ3) is 7.18. The molecule has 0 bridgehead atoms. The number of phenolic OH excluding ortho intramolecular Hbond substituents is 1. The molecule has 1 fully saturated rings. The lowest BCUT2D eigenvalue weighted by Crippen LogP contribution is -2.35. The maximum Gasteiger partial charge on any atom is 0.160 e. The molecular formula is C29H31NO5. The van der Waals surface area contributed by atoms with Crippen molar-refractivity contribution in [2.24, 2.45) is 0 Å². The molecule has 0 unspecified atom stereocenters. The molecule has 6 heteroatoms. The van der Waals surface area contributed by atoms with Crippen LogP contribution in [0.4, 0.5) is 0 Å². The predicted molar refractivity (Wildman–Crippen MR) is 136 cm³/mol. The topological polar surface area (TPSA) is 68.2 Å². The number of nitrogens with zero attached hydrogens (tertiary/aromatic N) is 1. The molecule has 3 aromatic carbocycles. The van der Waals surface area contributed by atoms with E-state index in [2.05, 4.69) is 17.0 Å². The molecule has 35 heavy (non-hydrogen) atoms. The monoisotopic (exact) mass is 473 g/mol. The van der Waals surface area contributed by atoms with Gasteiger partial charge in [-0.25, -0.2) is 0 Å². The molecule has 0 radical (unpaired) electrons. The zero-order valence-electron chi connectivity index (χ0n) is 20.0. The molecule has 0 aliphatic carbocycles. The Balaban J connectivity index is 1.32. The number of morpholine rings is 1. The number of carbonyl (C=O) groups is 1. The van der Waals surface area contributed by atoms with Crippen LogP contribution in [0.2, 0.25) is 0 Å². The SMILES string of the molecule is COc1ccc(/C=C/C(=O)Cc2ccccc2COc2ccc(CN3CCOCC3)cc2)cc1O. The van der Waals surface area contributed by atoms with Gasteiger partial charge in [-0.3, -0.25) is 9.69 Å². The Morgan fingerprint density at radius 1 is 1.03 bits per heavy atom. The minimum atomic E-state index is -0.0276. The van der Waals surface area contributed by atoms with E-state index >= 15 is 0 Å². The van der Waals surface area contributed by atoms with Crippen molar-refractivity contribution in [1.29, 1.82) is 0 Å². The Bertz CT molecular complexity index is 1150. The lowest BCUT2D eigenvalue weighted by molar-refractivity contribution is -0.113. The number of ether oxygens (including phenoxy) is 3. The van der Waals surface area contributed by atoms with Crippen LogP contribution in [0.3, 0.4) is 0 Å². The summed E-state index contributed by atoms with van der Waals surface area (Å²) in [7, 11) is 1.50. The molecule has 1 N–H and O–H groups in total. The van der Waals surface area contributed by atoms with Crippen molar-refractivity contribution in [2.45, 2.75) is 19.6 Å². The number of aromatic hydroxyl groups is 1. The largest absolute Gasteiger partial charge is 0.504 e. The maximum absolute atomic E-state index is 12.6. The molecule has 0 saturated carbocycles. The number of methoxy groups -OCH3 is 1. The van der Waals surface area contributed by atoms with Gasteiger partial charge in [0.25, 0.3) is 0 Å². The van der Waals surface area contributed by atoms with Crippen LogP contribution in [0, 0.1) is 0 Å². The molecule has 1 saturated heterocycles. The van der Waals surface area contributed by atoms with E-state index in [4.69, 9.17) is 14.2 Å². The average Bonchev–Trinajstić information content (AvgIpc) is 2.88. The highest BCUT2D eigenvalue weighted by Gasteiger charge is 2.11. The molecule has 182 valence electrons. The standard InChI is InChI=1S/C29H31NO5/c1-33-29-13-9-22(18-28(29)32)6-10-26(31)19-24-4-2-3-5-25(24)21-35-27-11-7-23(8-12-27)20-30-14-16-34-17-15-30/h2-13,18,32H,14-17,19-21H2,1H3/b10-6+. The van der Waals surface area contributed by atoms with Gasteiger partial charge in [0.15, 0.2) is 17.3 Å². The van der Waals surface area contributed by atoms with E-state index in [-0.39, 0.29) is 18.0 Å². The van der Waals surface area contributed by atoms with Gasteiger partial charge in [-0.15, -0.1) is 0 Å². The van der Waals surface area contributed by atoms with E-state index in [9.17, 15) is 9.90 Å². The molecule has 0 spiro atoms. The van der Waals surface area contributed by atoms with Gasteiger partial charge in [-0.1, -0.05) is 48.5 Å². The lowest BCUT2D eigenvalue weighted by Gasteiger charge is -2.26. The summed E-state index contributed by atoms with van der Waals surface area (Å²) in [6.07, 6.45) is 3.50. The number of allylic oxidation sites excluding steroid dienone is 1. The summed E-state index contributed by atoms with van der Waals surface area (Å²) < 4.78 is 16.5. The van der Waals surface area contributed by atoms with Gasteiger partial charge in [0.2, 0.25) is 0 Å². The number of rotatable bonds is 10. The van der Waals surface area contributed by atoms with Crippen molar-refractivity contribution in [3.63, 3.8) is 0 Å². The Kier molecular flexibility index (Phi) is 8.54. The summed E-state index contributed by atoms with van der Waals surface area (Å²) in [5.74, 6) is 1.21. The van der Waals surface area contributed by atoms with Crippen LogP contribution in [0.1, 0.15) is 22.3 Å². The van der Waals surface area contributed by atoms with Crippen molar-refractivity contribution in [1.82, 2.24) is 4.90 Å². The van der Waals surface area contributed by atoms with Crippen LogP contribution in [0.25, 0.3) is 6.08 Å². The van der Waals surface area contributed by atoms with Gasteiger partial charge >= 0.3 is 0 Å². The van der Waals surface area contributed by atoms with E-state index in [0.717, 1.165) is 55.3 Å². The number of hydrogen-bond acceptors (Lipinski definition) is 6. The van der Waals surface area contributed by atoms with E-state index in [0.29, 0.717) is 12.4 Å². The van der Waals surface area contributed by atoms with Gasteiger partial charge in [-0.05, 0) is 52.6 Å². The molecule has 0 amide bonds. The minimum Gasteiger partial charge on any atom is -0.504 e. The summed E-state index contributed by atoms with van der Waals surface area (Å²) in [4.78, 5) is 15.0. The number of ketones is 1. The second kappa shape index (κ2) is 12.2. The predicted octanol–water partition coefficient (Wildman–Crippen LogP) is 4.64. The highest BCUT2D eigenvalue weighted by molar-refractivity contribution is 5.95. The Labute approximate surface area is 206 Å². The van der Waals surface area contributed by atoms with Gasteiger partial charge in [0.1, 0.15) is 12.4 Å². The van der Waals surface area contributed by atoms with Crippen LogP contribution >= 0.6 is 0 Å². The molecule has 0 aromatic heterocycles. The molecule has 4 rings (SSSR count). The fraction of sp³-hybridized carbons (Fsp3) is 0.276. The summed E-state index contributed by atoms with van der Waals surface area (Å²) in [6, 6.07) is 21.0. The highest BCUT2D eigenvalue weighted by atomic mass is 16.5. The molecule has 1 aliphatic rings. The summed E-state index contributed by atoms with van der Waals surface area (Å²) in [5.41, 5.74) is 3.89. The number of benzene rings is 3. The summed E-state index contributed by atoms with van der Waals surface area (Å²) in [5, 5.41) is 9.91. The molecule has 6 nitrogen and oxygen atoms in total. The Hall–Kier alpha value is -3.61. The summed E-state index contributed by atoms with van der Waals surface area (Å²) in [6.45, 7) is 4.82. The molecule has 1 heterocycles. The first-order chi connectivity index (χ1) is 17.1. The zero-order valence-corrected chi connectivity index (χ0v) is 20.0. The second-order valence-corrected chi connectivity index (χ2v) is 8.50. The van der Waals surface area contributed by atoms with E-state index in [1.807, 2.05) is 36.4 Å². The fourth-order valence-electron chi connectivity index (χ4n) is 3.99. The lowest BCUT2D eigenvalue weighted by atomic mass is 10.0. The Morgan fingerprint density at radius 2 is 1.77 bits per heavy atom. The van der Waals surface area contributed by atoms with Crippen molar-refractivity contribution >= 4 is 11.9 Å². The smallest absolute Gasteiger partial charge is 0.160 e. The van der Waals surface area contributed by atoms with E-state index in [1.165, 1.54) is 18.7 Å². The van der Waals surface area contributed by atoms with Gasteiger partial charge in [0.05, 0.1) is 20.3 Å².